The van der Waals surface area contributed by atoms with Crippen LogP contribution in [0.25, 0.3) is 6.08 Å². The highest BCUT2D eigenvalue weighted by Gasteiger charge is 2.20. The van der Waals surface area contributed by atoms with E-state index in [4.69, 9.17) is 33.0 Å². The molecule has 0 amide bonds. The van der Waals surface area contributed by atoms with Gasteiger partial charge in [0.1, 0.15) is 12.2 Å². The standard InChI is InChI=1S/C20H16Cl2O7/c1-27-19(25)14(20(26)28-2)7-12-8-15(21)17(16(22)9-12)29-10-11-3-5-13(6-4-11)18(23)24/h3-9H,10H2,1-2H3,(H,23,24). The number of esters is 2. The first-order valence-corrected chi connectivity index (χ1v) is 8.84. The Morgan fingerprint density at radius 1 is 0.966 bits per heavy atom. The van der Waals surface area contributed by atoms with E-state index < -0.39 is 17.9 Å². The second kappa shape index (κ2) is 9.95. The molecule has 0 aromatic heterocycles. The molecule has 0 spiro atoms. The molecule has 0 heterocycles. The predicted octanol–water partition coefficient (Wildman–Crippen LogP) is 4.00. The maximum atomic E-state index is 11.8. The van der Waals surface area contributed by atoms with Gasteiger partial charge in [-0.05, 0) is 41.5 Å². The summed E-state index contributed by atoms with van der Waals surface area (Å²) in [6.45, 7) is 0.101. The van der Waals surface area contributed by atoms with Gasteiger partial charge in [-0.1, -0.05) is 35.3 Å². The number of carbonyl (C=O) groups excluding carboxylic acids is 2. The zero-order valence-electron chi connectivity index (χ0n) is 15.4. The van der Waals surface area contributed by atoms with Gasteiger partial charge < -0.3 is 19.3 Å². The number of hydrogen-bond donors (Lipinski definition) is 1. The van der Waals surface area contributed by atoms with E-state index in [0.29, 0.717) is 11.1 Å². The normalized spacial score (nSPS) is 10.1. The maximum Gasteiger partial charge on any atom is 0.345 e. The molecular weight excluding hydrogens is 423 g/mol. The number of carboxylic acids is 1. The van der Waals surface area contributed by atoms with Crippen LogP contribution in [0.5, 0.6) is 5.75 Å². The molecule has 0 saturated carbocycles. The number of halogens is 2. The van der Waals surface area contributed by atoms with Gasteiger partial charge in [0.05, 0.1) is 29.8 Å². The summed E-state index contributed by atoms with van der Waals surface area (Å²) in [5, 5.41) is 9.22. The summed E-state index contributed by atoms with van der Waals surface area (Å²) in [6, 6.07) is 9.06. The minimum absolute atomic E-state index is 0.101. The fourth-order valence-corrected chi connectivity index (χ4v) is 2.90. The summed E-state index contributed by atoms with van der Waals surface area (Å²) >= 11 is 12.5. The Kier molecular flexibility index (Phi) is 7.64. The summed E-state index contributed by atoms with van der Waals surface area (Å²) in [7, 11) is 2.28. The van der Waals surface area contributed by atoms with Crippen molar-refractivity contribution in [1.82, 2.24) is 0 Å². The van der Waals surface area contributed by atoms with Crippen molar-refractivity contribution < 1.29 is 33.7 Å². The first-order valence-electron chi connectivity index (χ1n) is 8.09. The van der Waals surface area contributed by atoms with Crippen LogP contribution in [0.1, 0.15) is 21.5 Å². The molecule has 9 heteroatoms. The van der Waals surface area contributed by atoms with Crippen molar-refractivity contribution in [3.8, 4) is 5.75 Å². The number of rotatable bonds is 7. The largest absolute Gasteiger partial charge is 0.486 e. The van der Waals surface area contributed by atoms with Crippen LogP contribution < -0.4 is 4.74 Å². The first kappa shape index (κ1) is 22.3. The smallest absolute Gasteiger partial charge is 0.345 e. The summed E-state index contributed by atoms with van der Waals surface area (Å²) < 4.78 is 14.8. The summed E-state index contributed by atoms with van der Waals surface area (Å²) in [5.74, 6) is -2.56. The van der Waals surface area contributed by atoms with E-state index in [1.807, 2.05) is 0 Å². The van der Waals surface area contributed by atoms with Crippen molar-refractivity contribution in [2.75, 3.05) is 14.2 Å². The van der Waals surface area contributed by atoms with Crippen LogP contribution in [-0.2, 0) is 25.7 Å². The molecule has 0 aliphatic carbocycles. The number of aromatic carboxylic acids is 1. The third kappa shape index (κ3) is 5.73. The Morgan fingerprint density at radius 3 is 1.93 bits per heavy atom. The molecule has 0 radical (unpaired) electrons. The van der Waals surface area contributed by atoms with E-state index in [-0.39, 0.29) is 33.5 Å². The Balaban J connectivity index is 2.24. The van der Waals surface area contributed by atoms with Crippen LogP contribution in [0.3, 0.4) is 0 Å². The van der Waals surface area contributed by atoms with Gasteiger partial charge in [0.2, 0.25) is 0 Å². The fraction of sp³-hybridized carbons (Fsp3) is 0.150. The van der Waals surface area contributed by atoms with Crippen molar-refractivity contribution >= 4 is 47.2 Å². The average Bonchev–Trinajstić information content (AvgIpc) is 2.70. The fourth-order valence-electron chi connectivity index (χ4n) is 2.29. The van der Waals surface area contributed by atoms with Crippen LogP contribution in [0.15, 0.2) is 42.0 Å². The molecular formula is C20H16Cl2O7. The highest BCUT2D eigenvalue weighted by atomic mass is 35.5. The quantitative estimate of drug-likeness (QED) is 0.301. The lowest BCUT2D eigenvalue weighted by molar-refractivity contribution is -0.143. The zero-order chi connectivity index (χ0) is 21.6. The van der Waals surface area contributed by atoms with Gasteiger partial charge in [-0.2, -0.15) is 0 Å². The number of ether oxygens (including phenoxy) is 3. The van der Waals surface area contributed by atoms with Crippen molar-refractivity contribution in [3.05, 3.63) is 68.7 Å². The molecule has 0 fully saturated rings. The summed E-state index contributed by atoms with van der Waals surface area (Å²) in [4.78, 5) is 34.4. The first-order chi connectivity index (χ1) is 13.8. The Labute approximate surface area is 176 Å². The lowest BCUT2D eigenvalue weighted by Gasteiger charge is -2.11. The molecule has 2 aromatic rings. The zero-order valence-corrected chi connectivity index (χ0v) is 16.9. The van der Waals surface area contributed by atoms with E-state index in [9.17, 15) is 14.4 Å². The van der Waals surface area contributed by atoms with Crippen LogP contribution in [-0.4, -0.2) is 37.2 Å². The van der Waals surface area contributed by atoms with Crippen LogP contribution in [0, 0.1) is 0 Å². The number of hydrogen-bond acceptors (Lipinski definition) is 6. The molecule has 152 valence electrons. The van der Waals surface area contributed by atoms with E-state index in [2.05, 4.69) is 9.47 Å². The van der Waals surface area contributed by atoms with E-state index in [1.54, 1.807) is 12.1 Å². The average molecular weight is 439 g/mol. The maximum absolute atomic E-state index is 11.8. The van der Waals surface area contributed by atoms with E-state index in [0.717, 1.165) is 14.2 Å². The van der Waals surface area contributed by atoms with Gasteiger partial charge >= 0.3 is 17.9 Å². The monoisotopic (exact) mass is 438 g/mol. The minimum atomic E-state index is -1.02. The Bertz CT molecular complexity index is 924. The van der Waals surface area contributed by atoms with Crippen molar-refractivity contribution in [1.29, 1.82) is 0 Å². The Hall–Kier alpha value is -3.03. The highest BCUT2D eigenvalue weighted by Crippen LogP contribution is 2.35. The molecule has 7 nitrogen and oxygen atoms in total. The number of methoxy groups -OCH3 is 2. The van der Waals surface area contributed by atoms with Crippen molar-refractivity contribution in [2.24, 2.45) is 0 Å². The van der Waals surface area contributed by atoms with Crippen LogP contribution in [0.4, 0.5) is 0 Å². The molecule has 2 rings (SSSR count). The topological polar surface area (TPSA) is 99.1 Å². The van der Waals surface area contributed by atoms with Crippen molar-refractivity contribution in [3.63, 3.8) is 0 Å². The lowest BCUT2D eigenvalue weighted by atomic mass is 10.1. The molecule has 0 bridgehead atoms. The van der Waals surface area contributed by atoms with E-state index >= 15 is 0 Å². The van der Waals surface area contributed by atoms with Gasteiger partial charge in [-0.15, -0.1) is 0 Å². The highest BCUT2D eigenvalue weighted by molar-refractivity contribution is 6.37. The summed E-state index contributed by atoms with van der Waals surface area (Å²) in [5.41, 5.74) is 0.913. The van der Waals surface area contributed by atoms with Crippen LogP contribution >= 0.6 is 23.2 Å². The predicted molar refractivity (Wildman–Crippen MR) is 106 cm³/mol. The number of carbonyl (C=O) groups is 3. The molecule has 0 atom stereocenters. The molecule has 0 aliphatic heterocycles. The third-order valence-electron chi connectivity index (χ3n) is 3.73. The van der Waals surface area contributed by atoms with Gasteiger partial charge in [-0.25, -0.2) is 14.4 Å². The molecule has 29 heavy (non-hydrogen) atoms. The van der Waals surface area contributed by atoms with Gasteiger partial charge in [-0.3, -0.25) is 0 Å². The number of benzene rings is 2. The second-order valence-corrected chi connectivity index (χ2v) is 6.46. The van der Waals surface area contributed by atoms with Crippen molar-refractivity contribution in [2.45, 2.75) is 6.61 Å². The Morgan fingerprint density at radius 2 is 1.48 bits per heavy atom. The third-order valence-corrected chi connectivity index (χ3v) is 4.29. The van der Waals surface area contributed by atoms with E-state index in [1.165, 1.54) is 30.3 Å². The lowest BCUT2D eigenvalue weighted by Crippen LogP contribution is -2.15. The van der Waals surface area contributed by atoms with Gasteiger partial charge in [0.25, 0.3) is 0 Å². The molecule has 0 unspecified atom stereocenters. The SMILES string of the molecule is COC(=O)C(=Cc1cc(Cl)c(OCc2ccc(C(=O)O)cc2)c(Cl)c1)C(=O)OC. The summed E-state index contributed by atoms with van der Waals surface area (Å²) in [6.07, 6.45) is 1.24. The van der Waals surface area contributed by atoms with Crippen LogP contribution in [0.2, 0.25) is 10.0 Å². The molecule has 2 aromatic carbocycles. The van der Waals surface area contributed by atoms with Gasteiger partial charge in [0.15, 0.2) is 5.75 Å². The van der Waals surface area contributed by atoms with Gasteiger partial charge in [0, 0.05) is 0 Å². The second-order valence-electron chi connectivity index (χ2n) is 5.65. The minimum Gasteiger partial charge on any atom is -0.486 e. The molecule has 1 N–H and O–H groups in total. The number of carboxylic acid groups (broad SMARTS) is 1. The molecule has 0 saturated heterocycles. The molecule has 0 aliphatic rings.